The van der Waals surface area contributed by atoms with Crippen molar-refractivity contribution in [2.45, 2.75) is 65.7 Å². The summed E-state index contributed by atoms with van der Waals surface area (Å²) in [6.07, 6.45) is 6.07. The van der Waals surface area contributed by atoms with Crippen LogP contribution in [0.4, 0.5) is 0 Å². The van der Waals surface area contributed by atoms with Crippen LogP contribution >= 0.6 is 12.6 Å². The lowest BCUT2D eigenvalue weighted by atomic mass is 9.64. The Balaban J connectivity index is 2.00. The first-order chi connectivity index (χ1) is 10.3. The Hall–Kier alpha value is -0.630. The summed E-state index contributed by atoms with van der Waals surface area (Å²) in [6.45, 7) is 9.39. The Morgan fingerprint density at radius 3 is 2.55 bits per heavy atom. The predicted octanol–water partition coefficient (Wildman–Crippen LogP) is 5.49. The number of thiol groups is 1. The van der Waals surface area contributed by atoms with E-state index in [1.165, 1.54) is 30.4 Å². The number of hydrogen-bond acceptors (Lipinski definition) is 2. The summed E-state index contributed by atoms with van der Waals surface area (Å²) in [5, 5.41) is 10.7. The highest BCUT2D eigenvalue weighted by atomic mass is 32.1. The lowest BCUT2D eigenvalue weighted by Gasteiger charge is -2.40. The molecule has 2 bridgehead atoms. The Kier molecular flexibility index (Phi) is 4.04. The zero-order chi connectivity index (χ0) is 16.1. The van der Waals surface area contributed by atoms with Crippen LogP contribution < -0.4 is 0 Å². The largest absolute Gasteiger partial charge is 0.507 e. The van der Waals surface area contributed by atoms with Gasteiger partial charge in [0, 0.05) is 0 Å². The summed E-state index contributed by atoms with van der Waals surface area (Å²) in [5.74, 6) is 2.79. The smallest absolute Gasteiger partial charge is 0.121 e. The van der Waals surface area contributed by atoms with Crippen LogP contribution in [0, 0.1) is 23.7 Å². The Morgan fingerprint density at radius 2 is 2.00 bits per heavy atom. The molecule has 2 saturated carbocycles. The van der Waals surface area contributed by atoms with Crippen LogP contribution in [-0.2, 0) is 6.42 Å². The van der Waals surface area contributed by atoms with E-state index in [1.807, 2.05) is 6.92 Å². The van der Waals surface area contributed by atoms with Crippen molar-refractivity contribution in [1.29, 1.82) is 0 Å². The quantitative estimate of drug-likeness (QED) is 0.703. The molecule has 3 rings (SSSR count). The number of phenols is 1. The summed E-state index contributed by atoms with van der Waals surface area (Å²) >= 11 is 4.33. The molecule has 0 radical (unpaired) electrons. The van der Waals surface area contributed by atoms with E-state index < -0.39 is 0 Å². The van der Waals surface area contributed by atoms with Gasteiger partial charge < -0.3 is 5.11 Å². The SMILES string of the molecule is Cc1cc(CCCS)cc(C2CC3CCC2(C)C3(C)C)c1O. The van der Waals surface area contributed by atoms with Crippen molar-refractivity contribution in [1.82, 2.24) is 0 Å². The first-order valence-corrected chi connectivity index (χ1v) is 9.37. The number of phenolic OH excluding ortho intramolecular Hbond substituents is 1. The van der Waals surface area contributed by atoms with Gasteiger partial charge in [0.2, 0.25) is 0 Å². The van der Waals surface area contributed by atoms with E-state index >= 15 is 0 Å². The van der Waals surface area contributed by atoms with Gasteiger partial charge in [0.15, 0.2) is 0 Å². The second-order valence-electron chi connectivity index (χ2n) is 8.34. The van der Waals surface area contributed by atoms with Gasteiger partial charge in [-0.15, -0.1) is 0 Å². The zero-order valence-electron chi connectivity index (χ0n) is 14.4. The van der Waals surface area contributed by atoms with E-state index in [0.717, 1.165) is 30.1 Å². The molecule has 2 fully saturated rings. The van der Waals surface area contributed by atoms with Gasteiger partial charge in [-0.2, -0.15) is 12.6 Å². The van der Waals surface area contributed by atoms with Gasteiger partial charge in [-0.05, 0) is 84.1 Å². The summed E-state index contributed by atoms with van der Waals surface area (Å²) in [7, 11) is 0. The van der Waals surface area contributed by atoms with Crippen molar-refractivity contribution in [2.24, 2.45) is 16.7 Å². The minimum Gasteiger partial charge on any atom is -0.507 e. The first-order valence-electron chi connectivity index (χ1n) is 8.74. The number of fused-ring (bicyclic) bond motifs is 2. The molecule has 0 aromatic heterocycles. The number of aromatic hydroxyl groups is 1. The van der Waals surface area contributed by atoms with Crippen LogP contribution in [0.5, 0.6) is 5.75 Å². The molecule has 0 saturated heterocycles. The number of aryl methyl sites for hydroxylation is 2. The molecule has 2 aliphatic carbocycles. The maximum absolute atomic E-state index is 10.7. The maximum atomic E-state index is 10.7. The fourth-order valence-corrected chi connectivity index (χ4v) is 5.41. The molecule has 0 amide bonds. The average molecular weight is 319 g/mol. The highest BCUT2D eigenvalue weighted by molar-refractivity contribution is 7.80. The van der Waals surface area contributed by atoms with Crippen LogP contribution in [0.3, 0.4) is 0 Å². The third-order valence-electron chi connectivity index (χ3n) is 7.18. The average Bonchev–Trinajstić information content (AvgIpc) is 2.81. The molecule has 22 heavy (non-hydrogen) atoms. The molecule has 0 heterocycles. The topological polar surface area (TPSA) is 20.2 Å². The van der Waals surface area contributed by atoms with Gasteiger partial charge in [-0.25, -0.2) is 0 Å². The normalized spacial score (nSPS) is 32.6. The molecule has 1 aromatic carbocycles. The van der Waals surface area contributed by atoms with Crippen LogP contribution in [0.25, 0.3) is 0 Å². The molecule has 0 spiro atoms. The van der Waals surface area contributed by atoms with Gasteiger partial charge in [-0.1, -0.05) is 32.9 Å². The molecule has 3 unspecified atom stereocenters. The molecule has 122 valence electrons. The molecule has 1 nitrogen and oxygen atoms in total. The summed E-state index contributed by atoms with van der Waals surface area (Å²) in [4.78, 5) is 0. The van der Waals surface area contributed by atoms with Gasteiger partial charge in [0.1, 0.15) is 5.75 Å². The van der Waals surface area contributed by atoms with E-state index in [4.69, 9.17) is 0 Å². The van der Waals surface area contributed by atoms with Crippen molar-refractivity contribution in [3.63, 3.8) is 0 Å². The monoisotopic (exact) mass is 318 g/mol. The third kappa shape index (κ3) is 2.21. The summed E-state index contributed by atoms with van der Waals surface area (Å²) < 4.78 is 0. The van der Waals surface area contributed by atoms with Gasteiger partial charge >= 0.3 is 0 Å². The van der Waals surface area contributed by atoms with E-state index in [-0.39, 0.29) is 0 Å². The lowest BCUT2D eigenvalue weighted by molar-refractivity contribution is 0.133. The molecular formula is C20H30OS. The number of benzene rings is 1. The van der Waals surface area contributed by atoms with E-state index in [1.54, 1.807) is 0 Å². The van der Waals surface area contributed by atoms with Crippen molar-refractivity contribution >= 4 is 12.6 Å². The first kappa shape index (κ1) is 16.2. The van der Waals surface area contributed by atoms with Crippen LogP contribution in [0.2, 0.25) is 0 Å². The Bertz CT molecular complexity index is 577. The van der Waals surface area contributed by atoms with Crippen LogP contribution in [0.15, 0.2) is 12.1 Å². The molecular weight excluding hydrogens is 288 g/mol. The van der Waals surface area contributed by atoms with E-state index in [2.05, 4.69) is 45.5 Å². The van der Waals surface area contributed by atoms with Crippen molar-refractivity contribution < 1.29 is 5.11 Å². The molecule has 2 heteroatoms. The van der Waals surface area contributed by atoms with Gasteiger partial charge in [0.25, 0.3) is 0 Å². The van der Waals surface area contributed by atoms with Crippen molar-refractivity contribution in [3.8, 4) is 5.75 Å². The highest BCUT2D eigenvalue weighted by Crippen LogP contribution is 2.71. The number of hydrogen-bond donors (Lipinski definition) is 2. The zero-order valence-corrected chi connectivity index (χ0v) is 15.3. The van der Waals surface area contributed by atoms with Crippen molar-refractivity contribution in [3.05, 3.63) is 28.8 Å². The fourth-order valence-electron chi connectivity index (χ4n) is 5.25. The Morgan fingerprint density at radius 1 is 1.27 bits per heavy atom. The molecule has 1 N–H and O–H groups in total. The fraction of sp³-hybridized carbons (Fsp3) is 0.700. The molecule has 1 aromatic rings. The lowest BCUT2D eigenvalue weighted by Crippen LogP contribution is -2.31. The third-order valence-corrected chi connectivity index (χ3v) is 7.50. The number of rotatable bonds is 4. The minimum atomic E-state index is 0.323. The highest BCUT2D eigenvalue weighted by Gasteiger charge is 2.61. The standard InChI is InChI=1S/C20H30OS/c1-13-10-14(6-5-9-22)11-16(18(13)21)17-12-15-7-8-20(17,4)19(15,2)3/h10-11,15,17,21-22H,5-9,12H2,1-4H3. The minimum absolute atomic E-state index is 0.323. The second kappa shape index (κ2) is 5.47. The molecule has 0 aliphatic heterocycles. The van der Waals surface area contributed by atoms with Gasteiger partial charge in [0.05, 0.1) is 0 Å². The molecule has 2 aliphatic rings. The molecule has 3 atom stereocenters. The maximum Gasteiger partial charge on any atom is 0.121 e. The Labute approximate surface area is 140 Å². The second-order valence-corrected chi connectivity index (χ2v) is 8.79. The van der Waals surface area contributed by atoms with Crippen molar-refractivity contribution in [2.75, 3.05) is 5.75 Å². The summed E-state index contributed by atoms with van der Waals surface area (Å²) in [6, 6.07) is 4.45. The summed E-state index contributed by atoms with van der Waals surface area (Å²) in [5.41, 5.74) is 4.33. The van der Waals surface area contributed by atoms with Crippen LogP contribution in [-0.4, -0.2) is 10.9 Å². The van der Waals surface area contributed by atoms with Gasteiger partial charge in [-0.3, -0.25) is 0 Å². The van der Waals surface area contributed by atoms with E-state index in [9.17, 15) is 5.11 Å². The van der Waals surface area contributed by atoms with Crippen LogP contribution in [0.1, 0.15) is 69.1 Å². The predicted molar refractivity (Wildman–Crippen MR) is 97.0 cm³/mol. The van der Waals surface area contributed by atoms with E-state index in [0.29, 0.717) is 22.5 Å².